The third-order valence-corrected chi connectivity index (χ3v) is 5.91. The van der Waals surface area contributed by atoms with E-state index in [2.05, 4.69) is 20.8 Å². The fourth-order valence-electron chi connectivity index (χ4n) is 2.90. The fraction of sp³-hybridized carbons (Fsp3) is 0.217. The Morgan fingerprint density at radius 1 is 1.12 bits per heavy atom. The molecule has 2 N–H and O–H groups in total. The molecule has 0 aliphatic heterocycles. The lowest BCUT2D eigenvalue weighted by Gasteiger charge is -2.09. The Labute approximate surface area is 196 Å². The van der Waals surface area contributed by atoms with E-state index >= 15 is 0 Å². The quantitative estimate of drug-likeness (QED) is 0.360. The van der Waals surface area contributed by atoms with Crippen LogP contribution in [-0.4, -0.2) is 32.3 Å². The van der Waals surface area contributed by atoms with Crippen molar-refractivity contribution in [3.8, 4) is 0 Å². The number of amides is 2. The van der Waals surface area contributed by atoms with Crippen LogP contribution < -0.4 is 10.6 Å². The summed E-state index contributed by atoms with van der Waals surface area (Å²) in [5.41, 5.74) is 2.57. The van der Waals surface area contributed by atoms with Crippen LogP contribution in [0.5, 0.6) is 0 Å². The molecule has 0 spiro atoms. The van der Waals surface area contributed by atoms with Gasteiger partial charge in [0.25, 0.3) is 0 Å². The van der Waals surface area contributed by atoms with Crippen LogP contribution in [0, 0.1) is 6.92 Å². The minimum Gasteiger partial charge on any atom is -0.345 e. The zero-order valence-corrected chi connectivity index (χ0v) is 19.4. The average Bonchev–Trinajstić information content (AvgIpc) is 3.19. The number of nitrogens with one attached hydrogen (secondary N) is 2. The van der Waals surface area contributed by atoms with E-state index in [0.29, 0.717) is 22.5 Å². The molecule has 32 heavy (non-hydrogen) atoms. The lowest BCUT2D eigenvalue weighted by molar-refractivity contribution is -0.116. The molecular weight excluding hydrogens is 446 g/mol. The number of para-hydroxylation sites is 1. The van der Waals surface area contributed by atoms with Gasteiger partial charge in [0.05, 0.1) is 12.3 Å². The molecule has 1 aromatic heterocycles. The fourth-order valence-corrected chi connectivity index (χ4v) is 3.92. The van der Waals surface area contributed by atoms with E-state index in [9.17, 15) is 9.59 Å². The Kier molecular flexibility index (Phi) is 8.47. The average molecular weight is 470 g/mol. The number of hydrogen-bond donors (Lipinski definition) is 2. The summed E-state index contributed by atoms with van der Waals surface area (Å²) in [6.45, 7) is 4.75. The molecule has 0 fully saturated rings. The Bertz CT molecular complexity index is 1130. The molecule has 3 aromatic rings. The second kappa shape index (κ2) is 11.5. The van der Waals surface area contributed by atoms with Gasteiger partial charge < -0.3 is 15.2 Å². The van der Waals surface area contributed by atoms with Crippen LogP contribution in [0.15, 0.2) is 59.8 Å². The minimum absolute atomic E-state index is 0.116. The van der Waals surface area contributed by atoms with Crippen molar-refractivity contribution in [2.45, 2.75) is 32.1 Å². The monoisotopic (exact) mass is 469 g/mol. The molecule has 7 nitrogen and oxygen atoms in total. The molecule has 1 heterocycles. The zero-order chi connectivity index (χ0) is 22.9. The van der Waals surface area contributed by atoms with Crippen molar-refractivity contribution in [2.24, 2.45) is 0 Å². The second-order valence-corrected chi connectivity index (χ2v) is 8.22. The molecule has 0 unspecified atom stereocenters. The minimum atomic E-state index is -0.262. The summed E-state index contributed by atoms with van der Waals surface area (Å²) in [5, 5.41) is 15.3. The Balaban J connectivity index is 1.54. The maximum Gasteiger partial charge on any atom is 0.244 e. The Hall–Kier alpha value is -3.10. The van der Waals surface area contributed by atoms with Gasteiger partial charge in [-0.1, -0.05) is 59.8 Å². The molecule has 3 rings (SSSR count). The zero-order valence-electron chi connectivity index (χ0n) is 17.8. The first kappa shape index (κ1) is 23.6. The molecule has 9 heteroatoms. The standard InChI is InChI=1S/C23H24ClN5O2S/c1-3-29-20(14-25-21(30)13-12-17-9-5-6-10-18(17)24)27-28-23(29)32-15-22(31)26-19-11-7-4-8-16(19)2/h4-13H,3,14-15H2,1-2H3,(H,25,30)(H,26,31). The van der Waals surface area contributed by atoms with Crippen LogP contribution in [0.4, 0.5) is 5.69 Å². The lowest BCUT2D eigenvalue weighted by Crippen LogP contribution is -2.22. The van der Waals surface area contributed by atoms with Crippen molar-refractivity contribution in [1.29, 1.82) is 0 Å². The summed E-state index contributed by atoms with van der Waals surface area (Å²) in [4.78, 5) is 24.5. The predicted molar refractivity (Wildman–Crippen MR) is 129 cm³/mol. The van der Waals surface area contributed by atoms with Gasteiger partial charge in [-0.25, -0.2) is 0 Å². The molecule has 0 bridgehead atoms. The van der Waals surface area contributed by atoms with Crippen LogP contribution in [0.1, 0.15) is 23.9 Å². The van der Waals surface area contributed by atoms with Crippen LogP contribution in [0.25, 0.3) is 6.08 Å². The van der Waals surface area contributed by atoms with Gasteiger partial charge in [0, 0.05) is 23.3 Å². The molecule has 0 radical (unpaired) electrons. The topological polar surface area (TPSA) is 88.9 Å². The summed E-state index contributed by atoms with van der Waals surface area (Å²) in [5.74, 6) is 0.449. The maximum atomic E-state index is 12.3. The molecule has 0 aliphatic carbocycles. The molecular formula is C23H24ClN5O2S. The van der Waals surface area contributed by atoms with Crippen LogP contribution >= 0.6 is 23.4 Å². The van der Waals surface area contributed by atoms with E-state index in [1.165, 1.54) is 17.8 Å². The van der Waals surface area contributed by atoms with Crippen molar-refractivity contribution in [1.82, 2.24) is 20.1 Å². The molecule has 0 saturated heterocycles. The summed E-state index contributed by atoms with van der Waals surface area (Å²) < 4.78 is 1.88. The van der Waals surface area contributed by atoms with Crippen molar-refractivity contribution >= 4 is 46.9 Å². The summed E-state index contributed by atoms with van der Waals surface area (Å²) >= 11 is 7.40. The predicted octanol–water partition coefficient (Wildman–Crippen LogP) is 4.32. The number of halogens is 1. The van der Waals surface area contributed by atoms with E-state index in [-0.39, 0.29) is 24.1 Å². The number of benzene rings is 2. The lowest BCUT2D eigenvalue weighted by atomic mass is 10.2. The van der Waals surface area contributed by atoms with E-state index in [1.54, 1.807) is 12.1 Å². The van der Waals surface area contributed by atoms with Gasteiger partial charge in [0.1, 0.15) is 0 Å². The number of aromatic nitrogens is 3. The molecule has 2 amide bonds. The van der Waals surface area contributed by atoms with Crippen molar-refractivity contribution in [3.05, 3.63) is 76.6 Å². The second-order valence-electron chi connectivity index (χ2n) is 6.87. The van der Waals surface area contributed by atoms with Gasteiger partial charge in [-0.15, -0.1) is 10.2 Å². The highest BCUT2D eigenvalue weighted by atomic mass is 35.5. The van der Waals surface area contributed by atoms with Gasteiger partial charge in [-0.2, -0.15) is 0 Å². The van der Waals surface area contributed by atoms with E-state index in [0.717, 1.165) is 16.8 Å². The SMILES string of the molecule is CCn1c(CNC(=O)C=Cc2ccccc2Cl)nnc1SCC(=O)Nc1ccccc1C. The van der Waals surface area contributed by atoms with E-state index in [1.807, 2.05) is 60.9 Å². The smallest absolute Gasteiger partial charge is 0.244 e. The van der Waals surface area contributed by atoms with Crippen molar-refractivity contribution in [3.63, 3.8) is 0 Å². The number of nitrogens with zero attached hydrogens (tertiary/aromatic N) is 3. The first-order valence-corrected chi connectivity index (χ1v) is 11.4. The number of hydrogen-bond acceptors (Lipinski definition) is 5. The first-order chi connectivity index (χ1) is 15.5. The first-order valence-electron chi connectivity index (χ1n) is 10.1. The molecule has 166 valence electrons. The number of carbonyl (C=O) groups is 2. The summed E-state index contributed by atoms with van der Waals surface area (Å²) in [6, 6.07) is 14.9. The highest BCUT2D eigenvalue weighted by Crippen LogP contribution is 2.19. The third kappa shape index (κ3) is 6.45. The van der Waals surface area contributed by atoms with E-state index < -0.39 is 0 Å². The molecule has 2 aromatic carbocycles. The Morgan fingerprint density at radius 3 is 2.62 bits per heavy atom. The molecule has 0 saturated carbocycles. The van der Waals surface area contributed by atoms with E-state index in [4.69, 9.17) is 11.6 Å². The number of carbonyl (C=O) groups excluding carboxylic acids is 2. The number of rotatable bonds is 9. The van der Waals surface area contributed by atoms with Gasteiger partial charge in [-0.05, 0) is 43.2 Å². The third-order valence-electron chi connectivity index (χ3n) is 4.60. The summed E-state index contributed by atoms with van der Waals surface area (Å²) in [7, 11) is 0. The van der Waals surface area contributed by atoms with Crippen LogP contribution in [-0.2, 0) is 22.7 Å². The van der Waals surface area contributed by atoms with Crippen molar-refractivity contribution < 1.29 is 9.59 Å². The molecule has 0 atom stereocenters. The Morgan fingerprint density at radius 2 is 1.88 bits per heavy atom. The maximum absolute atomic E-state index is 12.3. The summed E-state index contributed by atoms with van der Waals surface area (Å²) in [6.07, 6.45) is 3.09. The van der Waals surface area contributed by atoms with Crippen molar-refractivity contribution in [2.75, 3.05) is 11.1 Å². The highest BCUT2D eigenvalue weighted by molar-refractivity contribution is 7.99. The number of thioether (sulfide) groups is 1. The van der Waals surface area contributed by atoms with Gasteiger partial charge in [0.2, 0.25) is 11.8 Å². The number of aryl methyl sites for hydroxylation is 1. The van der Waals surface area contributed by atoms with Crippen LogP contribution in [0.3, 0.4) is 0 Å². The van der Waals surface area contributed by atoms with Gasteiger partial charge >= 0.3 is 0 Å². The van der Waals surface area contributed by atoms with Gasteiger partial charge in [0.15, 0.2) is 11.0 Å². The highest BCUT2D eigenvalue weighted by Gasteiger charge is 2.14. The largest absolute Gasteiger partial charge is 0.345 e. The molecule has 0 aliphatic rings. The normalized spacial score (nSPS) is 11.0. The number of anilines is 1. The van der Waals surface area contributed by atoms with Crippen LogP contribution in [0.2, 0.25) is 5.02 Å². The van der Waals surface area contributed by atoms with Gasteiger partial charge in [-0.3, -0.25) is 9.59 Å².